The molecule has 0 aromatic carbocycles. The number of pyridine rings is 1. The summed E-state index contributed by atoms with van der Waals surface area (Å²) in [6.07, 6.45) is 0.608. The maximum Gasteiger partial charge on any atom is 0.261 e. The SMILES string of the molecule is Cc1cc(C)n(C)c(=O)c1C=O. The van der Waals surface area contributed by atoms with Gasteiger partial charge >= 0.3 is 0 Å². The second-order valence-electron chi connectivity index (χ2n) is 2.86. The first-order chi connectivity index (χ1) is 5.57. The van der Waals surface area contributed by atoms with Crippen LogP contribution in [0.15, 0.2) is 10.9 Å². The van der Waals surface area contributed by atoms with E-state index in [4.69, 9.17) is 0 Å². The molecule has 0 saturated carbocycles. The first kappa shape index (κ1) is 8.71. The number of hydrogen-bond acceptors (Lipinski definition) is 2. The molecule has 0 radical (unpaired) electrons. The highest BCUT2D eigenvalue weighted by Crippen LogP contribution is 2.02. The van der Waals surface area contributed by atoms with Crippen LogP contribution in [-0.2, 0) is 7.05 Å². The molecule has 3 nitrogen and oxygen atoms in total. The molecule has 64 valence electrons. The van der Waals surface area contributed by atoms with Gasteiger partial charge in [0.15, 0.2) is 6.29 Å². The average molecular weight is 165 g/mol. The molecule has 1 aromatic heterocycles. The van der Waals surface area contributed by atoms with E-state index in [0.29, 0.717) is 6.29 Å². The van der Waals surface area contributed by atoms with E-state index >= 15 is 0 Å². The van der Waals surface area contributed by atoms with Gasteiger partial charge in [-0.3, -0.25) is 9.59 Å². The van der Waals surface area contributed by atoms with E-state index in [1.54, 1.807) is 14.0 Å². The fourth-order valence-electron chi connectivity index (χ4n) is 1.14. The average Bonchev–Trinajstić information content (AvgIpc) is 2.01. The lowest BCUT2D eigenvalue weighted by atomic mass is 10.1. The van der Waals surface area contributed by atoms with E-state index in [1.165, 1.54) is 4.57 Å². The highest BCUT2D eigenvalue weighted by atomic mass is 16.1. The zero-order valence-corrected chi connectivity index (χ0v) is 7.42. The highest BCUT2D eigenvalue weighted by Gasteiger charge is 2.05. The van der Waals surface area contributed by atoms with Gasteiger partial charge in [0.2, 0.25) is 0 Å². The van der Waals surface area contributed by atoms with Crippen molar-refractivity contribution in [3.8, 4) is 0 Å². The van der Waals surface area contributed by atoms with Gasteiger partial charge in [-0.05, 0) is 25.5 Å². The molecule has 0 unspecified atom stereocenters. The Bertz CT molecular complexity index is 377. The molecule has 0 amide bonds. The molecule has 0 N–H and O–H groups in total. The van der Waals surface area contributed by atoms with Crippen LogP contribution >= 0.6 is 0 Å². The summed E-state index contributed by atoms with van der Waals surface area (Å²) in [5.41, 5.74) is 1.64. The molecule has 0 aliphatic rings. The smallest absolute Gasteiger partial charge is 0.261 e. The number of aryl methyl sites for hydroxylation is 2. The van der Waals surface area contributed by atoms with E-state index in [2.05, 4.69) is 0 Å². The fraction of sp³-hybridized carbons (Fsp3) is 0.333. The quantitative estimate of drug-likeness (QED) is 0.578. The molecular formula is C9H11NO2. The molecule has 3 heteroatoms. The van der Waals surface area contributed by atoms with Crippen molar-refractivity contribution in [2.45, 2.75) is 13.8 Å². The van der Waals surface area contributed by atoms with Crippen molar-refractivity contribution in [2.75, 3.05) is 0 Å². The van der Waals surface area contributed by atoms with Crippen LogP contribution in [0, 0.1) is 13.8 Å². The maximum absolute atomic E-state index is 11.4. The first-order valence-corrected chi connectivity index (χ1v) is 3.70. The van der Waals surface area contributed by atoms with Gasteiger partial charge in [-0.25, -0.2) is 0 Å². The largest absolute Gasteiger partial charge is 0.315 e. The van der Waals surface area contributed by atoms with Crippen molar-refractivity contribution in [1.29, 1.82) is 0 Å². The summed E-state index contributed by atoms with van der Waals surface area (Å²) in [6.45, 7) is 3.60. The predicted octanol–water partition coefficient (Wildman–Crippen LogP) is 0.815. The minimum Gasteiger partial charge on any atom is -0.315 e. The molecule has 0 atom stereocenters. The highest BCUT2D eigenvalue weighted by molar-refractivity contribution is 5.76. The van der Waals surface area contributed by atoms with E-state index in [0.717, 1.165) is 11.3 Å². The third-order valence-corrected chi connectivity index (χ3v) is 2.03. The van der Waals surface area contributed by atoms with Gasteiger partial charge in [0.05, 0.1) is 5.56 Å². The maximum atomic E-state index is 11.4. The van der Waals surface area contributed by atoms with E-state index in [1.807, 2.05) is 13.0 Å². The Balaban J connectivity index is 3.63. The third kappa shape index (κ3) is 1.18. The summed E-state index contributed by atoms with van der Waals surface area (Å²) in [5, 5.41) is 0. The standard InChI is InChI=1S/C9H11NO2/c1-6-4-7(2)10(3)9(12)8(6)5-11/h4-5H,1-3H3. The lowest BCUT2D eigenvalue weighted by Crippen LogP contribution is -2.23. The van der Waals surface area contributed by atoms with Gasteiger partial charge in [0, 0.05) is 12.7 Å². The van der Waals surface area contributed by atoms with Crippen LogP contribution in [0.2, 0.25) is 0 Å². The molecule has 0 bridgehead atoms. The third-order valence-electron chi connectivity index (χ3n) is 2.03. The summed E-state index contributed by atoms with van der Waals surface area (Å²) in [7, 11) is 1.66. The van der Waals surface area contributed by atoms with Crippen molar-refractivity contribution >= 4 is 6.29 Å². The second-order valence-corrected chi connectivity index (χ2v) is 2.86. The summed E-state index contributed by atoms with van der Waals surface area (Å²) < 4.78 is 1.47. The zero-order valence-electron chi connectivity index (χ0n) is 7.42. The topological polar surface area (TPSA) is 39.1 Å². The van der Waals surface area contributed by atoms with Gasteiger partial charge < -0.3 is 4.57 Å². The number of rotatable bonds is 1. The second kappa shape index (κ2) is 2.93. The number of aromatic nitrogens is 1. The minimum absolute atomic E-state index is 0.220. The Morgan fingerprint density at radius 1 is 1.42 bits per heavy atom. The Morgan fingerprint density at radius 2 is 2.00 bits per heavy atom. The molecule has 1 aromatic rings. The fourth-order valence-corrected chi connectivity index (χ4v) is 1.14. The van der Waals surface area contributed by atoms with Gasteiger partial charge in [-0.1, -0.05) is 0 Å². The van der Waals surface area contributed by atoms with Crippen LogP contribution in [0.1, 0.15) is 21.6 Å². The lowest BCUT2D eigenvalue weighted by molar-refractivity contribution is 0.112. The van der Waals surface area contributed by atoms with Crippen LogP contribution in [0.4, 0.5) is 0 Å². The molecular weight excluding hydrogens is 154 g/mol. The van der Waals surface area contributed by atoms with Crippen molar-refractivity contribution in [1.82, 2.24) is 4.57 Å². The molecule has 0 aliphatic heterocycles. The Hall–Kier alpha value is -1.38. The van der Waals surface area contributed by atoms with E-state index < -0.39 is 0 Å². The Morgan fingerprint density at radius 3 is 2.50 bits per heavy atom. The number of hydrogen-bond donors (Lipinski definition) is 0. The molecule has 0 spiro atoms. The molecule has 0 saturated heterocycles. The summed E-state index contributed by atoms with van der Waals surface area (Å²) >= 11 is 0. The monoisotopic (exact) mass is 165 g/mol. The summed E-state index contributed by atoms with van der Waals surface area (Å²) in [5.74, 6) is 0. The van der Waals surface area contributed by atoms with Gasteiger partial charge in [0.25, 0.3) is 5.56 Å². The Labute approximate surface area is 70.6 Å². The lowest BCUT2D eigenvalue weighted by Gasteiger charge is -2.05. The first-order valence-electron chi connectivity index (χ1n) is 3.70. The number of carbonyl (C=O) groups excluding carboxylic acids is 1. The van der Waals surface area contributed by atoms with E-state index in [-0.39, 0.29) is 11.1 Å². The van der Waals surface area contributed by atoms with Gasteiger partial charge in [-0.15, -0.1) is 0 Å². The van der Waals surface area contributed by atoms with Crippen LogP contribution in [0.5, 0.6) is 0 Å². The molecule has 0 fully saturated rings. The number of aldehydes is 1. The Kier molecular flexibility index (Phi) is 2.13. The van der Waals surface area contributed by atoms with Crippen molar-refractivity contribution in [3.05, 3.63) is 33.2 Å². The minimum atomic E-state index is -0.220. The molecule has 1 rings (SSSR count). The van der Waals surface area contributed by atoms with Gasteiger partial charge in [0.1, 0.15) is 0 Å². The van der Waals surface area contributed by atoms with Crippen LogP contribution < -0.4 is 5.56 Å². The van der Waals surface area contributed by atoms with Crippen LogP contribution in [0.25, 0.3) is 0 Å². The van der Waals surface area contributed by atoms with Crippen LogP contribution in [0.3, 0.4) is 0 Å². The van der Waals surface area contributed by atoms with Crippen molar-refractivity contribution in [3.63, 3.8) is 0 Å². The number of carbonyl (C=O) groups is 1. The number of nitrogens with zero attached hydrogens (tertiary/aromatic N) is 1. The van der Waals surface area contributed by atoms with Crippen molar-refractivity contribution < 1.29 is 4.79 Å². The zero-order chi connectivity index (χ0) is 9.30. The van der Waals surface area contributed by atoms with E-state index in [9.17, 15) is 9.59 Å². The molecule has 0 aliphatic carbocycles. The van der Waals surface area contributed by atoms with Gasteiger partial charge in [-0.2, -0.15) is 0 Å². The predicted molar refractivity (Wildman–Crippen MR) is 46.5 cm³/mol. The normalized spacial score (nSPS) is 9.92. The molecule has 12 heavy (non-hydrogen) atoms. The summed E-state index contributed by atoms with van der Waals surface area (Å²) in [6, 6.07) is 1.82. The van der Waals surface area contributed by atoms with Crippen molar-refractivity contribution in [2.24, 2.45) is 7.05 Å². The molecule has 1 heterocycles. The van der Waals surface area contributed by atoms with Crippen LogP contribution in [-0.4, -0.2) is 10.9 Å². The summed E-state index contributed by atoms with van der Waals surface area (Å²) in [4.78, 5) is 21.9.